The van der Waals surface area contributed by atoms with Crippen molar-refractivity contribution >= 4 is 5.69 Å². The molecule has 1 heterocycles. The van der Waals surface area contributed by atoms with Crippen LogP contribution in [0.4, 0.5) is 5.69 Å². The van der Waals surface area contributed by atoms with E-state index in [0.29, 0.717) is 0 Å². The molecule has 0 bridgehead atoms. The predicted molar refractivity (Wildman–Crippen MR) is 96.0 cm³/mol. The summed E-state index contributed by atoms with van der Waals surface area (Å²) in [4.78, 5) is 15.2. The van der Waals surface area contributed by atoms with Crippen LogP contribution in [-0.2, 0) is 12.8 Å². The summed E-state index contributed by atoms with van der Waals surface area (Å²) in [5.41, 5.74) is 4.55. The number of fused-ring (bicyclic) bond motifs is 1. The van der Waals surface area contributed by atoms with E-state index in [-0.39, 0.29) is 10.6 Å². The molecule has 0 amide bonds. The summed E-state index contributed by atoms with van der Waals surface area (Å²) < 4.78 is 0. The average molecular weight is 324 g/mol. The highest BCUT2D eigenvalue weighted by atomic mass is 16.6. The van der Waals surface area contributed by atoms with Crippen LogP contribution in [-0.4, -0.2) is 9.91 Å². The van der Waals surface area contributed by atoms with Gasteiger partial charge in [-0.2, -0.15) is 0 Å². The number of aromatic nitrogens is 1. The van der Waals surface area contributed by atoms with Crippen molar-refractivity contribution < 1.29 is 4.92 Å². The summed E-state index contributed by atoms with van der Waals surface area (Å²) in [6, 6.07) is 10.9. The van der Waals surface area contributed by atoms with Gasteiger partial charge in [-0.3, -0.25) is 15.1 Å². The maximum Gasteiger partial charge on any atom is 0.269 e. The highest BCUT2D eigenvalue weighted by Gasteiger charge is 2.20. The van der Waals surface area contributed by atoms with Crippen LogP contribution < -0.4 is 0 Å². The minimum Gasteiger partial charge on any atom is -0.258 e. The lowest BCUT2D eigenvalue weighted by molar-refractivity contribution is -0.384. The second-order valence-corrected chi connectivity index (χ2v) is 6.71. The summed E-state index contributed by atoms with van der Waals surface area (Å²) >= 11 is 0. The van der Waals surface area contributed by atoms with Crippen LogP contribution in [0, 0.1) is 16.0 Å². The van der Waals surface area contributed by atoms with Crippen molar-refractivity contribution in [2.75, 3.05) is 0 Å². The third-order valence-electron chi connectivity index (χ3n) is 4.96. The fourth-order valence-corrected chi connectivity index (χ4v) is 3.53. The van der Waals surface area contributed by atoms with E-state index in [2.05, 4.69) is 19.1 Å². The summed E-state index contributed by atoms with van der Waals surface area (Å²) in [5.74, 6) is 0.802. The van der Waals surface area contributed by atoms with Gasteiger partial charge in [0, 0.05) is 23.4 Å². The van der Waals surface area contributed by atoms with Crippen LogP contribution in [0.3, 0.4) is 0 Å². The number of nitro benzene ring substituents is 1. The molecule has 0 radical (unpaired) electrons. The molecule has 126 valence electrons. The van der Waals surface area contributed by atoms with Gasteiger partial charge in [-0.25, -0.2) is 0 Å². The number of rotatable bonds is 6. The number of pyridine rings is 1. The van der Waals surface area contributed by atoms with E-state index in [9.17, 15) is 10.1 Å². The van der Waals surface area contributed by atoms with Crippen molar-refractivity contribution in [1.29, 1.82) is 0 Å². The minimum atomic E-state index is -0.372. The van der Waals surface area contributed by atoms with Crippen LogP contribution in [0.2, 0.25) is 0 Å². The van der Waals surface area contributed by atoms with Crippen molar-refractivity contribution in [3.05, 3.63) is 57.8 Å². The van der Waals surface area contributed by atoms with Crippen LogP contribution >= 0.6 is 0 Å². The molecule has 0 aliphatic heterocycles. The number of nitro groups is 1. The quantitative estimate of drug-likeness (QED) is 0.409. The zero-order valence-electron chi connectivity index (χ0n) is 14.2. The average Bonchev–Trinajstić information content (AvgIpc) is 2.61. The number of benzene rings is 1. The molecule has 2 aromatic rings. The fraction of sp³-hybridized carbons (Fsp3) is 0.450. The predicted octanol–water partition coefficient (Wildman–Crippen LogP) is 5.34. The minimum absolute atomic E-state index is 0.117. The van der Waals surface area contributed by atoms with Crippen molar-refractivity contribution in [1.82, 2.24) is 4.98 Å². The smallest absolute Gasteiger partial charge is 0.258 e. The van der Waals surface area contributed by atoms with Gasteiger partial charge in [-0.1, -0.05) is 38.7 Å². The van der Waals surface area contributed by atoms with E-state index in [1.807, 2.05) is 0 Å². The third-order valence-corrected chi connectivity index (χ3v) is 4.96. The van der Waals surface area contributed by atoms with Gasteiger partial charge in [0.05, 0.1) is 10.6 Å². The highest BCUT2D eigenvalue weighted by Crippen LogP contribution is 2.30. The normalized spacial score (nSPS) is 16.6. The van der Waals surface area contributed by atoms with Gasteiger partial charge in [0.2, 0.25) is 0 Å². The lowest BCUT2D eigenvalue weighted by Crippen LogP contribution is -2.15. The first-order chi connectivity index (χ1) is 11.7. The number of nitrogens with zero attached hydrogens (tertiary/aromatic N) is 2. The van der Waals surface area contributed by atoms with E-state index < -0.39 is 0 Å². The lowest BCUT2D eigenvalue weighted by atomic mass is 9.83. The van der Waals surface area contributed by atoms with Crippen molar-refractivity contribution in [2.24, 2.45) is 5.92 Å². The number of non-ortho nitro benzene ring substituents is 1. The van der Waals surface area contributed by atoms with Gasteiger partial charge in [0.25, 0.3) is 5.69 Å². The maximum atomic E-state index is 10.8. The SMILES string of the molecule is CCCCCC1CCc2nc(-c3ccc([N+](=O)[O-])cc3)ccc2C1. The second-order valence-electron chi connectivity index (χ2n) is 6.71. The second kappa shape index (κ2) is 7.56. The Morgan fingerprint density at radius 1 is 1.17 bits per heavy atom. The summed E-state index contributed by atoms with van der Waals surface area (Å²) in [6.45, 7) is 2.25. The van der Waals surface area contributed by atoms with Crippen molar-refractivity contribution in [2.45, 2.75) is 51.9 Å². The Morgan fingerprint density at radius 3 is 2.67 bits per heavy atom. The fourth-order valence-electron chi connectivity index (χ4n) is 3.53. The summed E-state index contributed by atoms with van der Waals surface area (Å²) in [6.07, 6.45) is 8.71. The van der Waals surface area contributed by atoms with Crippen LogP contribution in [0.15, 0.2) is 36.4 Å². The van der Waals surface area contributed by atoms with E-state index in [1.54, 1.807) is 24.3 Å². The molecule has 1 unspecified atom stereocenters. The molecule has 4 heteroatoms. The van der Waals surface area contributed by atoms with E-state index >= 15 is 0 Å². The first kappa shape index (κ1) is 16.6. The van der Waals surface area contributed by atoms with Gasteiger partial charge in [-0.15, -0.1) is 0 Å². The summed E-state index contributed by atoms with van der Waals surface area (Å²) in [5, 5.41) is 10.8. The van der Waals surface area contributed by atoms with Crippen molar-refractivity contribution in [3.63, 3.8) is 0 Å². The number of aryl methyl sites for hydroxylation is 1. The largest absolute Gasteiger partial charge is 0.269 e. The zero-order valence-corrected chi connectivity index (χ0v) is 14.2. The Morgan fingerprint density at radius 2 is 1.96 bits per heavy atom. The third kappa shape index (κ3) is 3.81. The molecule has 1 aromatic carbocycles. The summed E-state index contributed by atoms with van der Waals surface area (Å²) in [7, 11) is 0. The standard InChI is InChI=1S/C20H24N2O2/c1-2-3-4-5-15-6-12-20-17(14-15)9-13-19(21-20)16-7-10-18(11-8-16)22(23)24/h7-11,13,15H,2-6,12,14H2,1H3. The Kier molecular flexibility index (Phi) is 5.24. The molecule has 0 saturated carbocycles. The molecule has 0 N–H and O–H groups in total. The topological polar surface area (TPSA) is 56.0 Å². The molecule has 24 heavy (non-hydrogen) atoms. The molecular formula is C20H24N2O2. The number of hydrogen-bond acceptors (Lipinski definition) is 3. The van der Waals surface area contributed by atoms with Gasteiger partial charge in [-0.05, 0) is 48.9 Å². The van der Waals surface area contributed by atoms with Gasteiger partial charge < -0.3 is 0 Å². The number of hydrogen-bond donors (Lipinski definition) is 0. The maximum absolute atomic E-state index is 10.8. The Hall–Kier alpha value is -2.23. The van der Waals surface area contributed by atoms with E-state index in [4.69, 9.17) is 4.98 Å². The van der Waals surface area contributed by atoms with Crippen molar-refractivity contribution in [3.8, 4) is 11.3 Å². The van der Waals surface area contributed by atoms with Gasteiger partial charge >= 0.3 is 0 Å². The number of unbranched alkanes of at least 4 members (excludes halogenated alkanes) is 2. The molecule has 1 aliphatic rings. The van der Waals surface area contributed by atoms with E-state index in [1.165, 1.54) is 43.4 Å². The molecule has 1 aliphatic carbocycles. The Balaban J connectivity index is 1.72. The molecule has 0 fully saturated rings. The van der Waals surface area contributed by atoms with Crippen LogP contribution in [0.5, 0.6) is 0 Å². The first-order valence-electron chi connectivity index (χ1n) is 8.91. The molecule has 1 aromatic heterocycles. The molecule has 4 nitrogen and oxygen atoms in total. The molecule has 3 rings (SSSR count). The molecule has 0 saturated heterocycles. The van der Waals surface area contributed by atoms with E-state index in [0.717, 1.165) is 30.0 Å². The Labute approximate surface area is 143 Å². The first-order valence-corrected chi connectivity index (χ1v) is 8.91. The molecular weight excluding hydrogens is 300 g/mol. The Bertz CT molecular complexity index is 710. The van der Waals surface area contributed by atoms with Crippen LogP contribution in [0.25, 0.3) is 11.3 Å². The van der Waals surface area contributed by atoms with Gasteiger partial charge in [0.1, 0.15) is 0 Å². The van der Waals surface area contributed by atoms with Gasteiger partial charge in [0.15, 0.2) is 0 Å². The molecule has 1 atom stereocenters. The zero-order chi connectivity index (χ0) is 16.9. The lowest BCUT2D eigenvalue weighted by Gasteiger charge is -2.24. The molecule has 0 spiro atoms. The highest BCUT2D eigenvalue weighted by molar-refractivity contribution is 5.61. The monoisotopic (exact) mass is 324 g/mol. The van der Waals surface area contributed by atoms with Crippen LogP contribution in [0.1, 0.15) is 50.3 Å².